The van der Waals surface area contributed by atoms with Crippen LogP contribution in [0.3, 0.4) is 0 Å². The van der Waals surface area contributed by atoms with Gasteiger partial charge in [0.05, 0.1) is 4.92 Å². The molecule has 0 saturated carbocycles. The number of hydrogen-bond acceptors (Lipinski definition) is 6. The van der Waals surface area contributed by atoms with Crippen molar-refractivity contribution >= 4 is 28.1 Å². The first kappa shape index (κ1) is 16.0. The van der Waals surface area contributed by atoms with Crippen LogP contribution >= 0.6 is 11.3 Å². The van der Waals surface area contributed by atoms with E-state index in [0.717, 1.165) is 11.4 Å². The minimum atomic E-state index is -0.553. The number of hydrogen-bond donors (Lipinski definition) is 1. The molecule has 2 rings (SSSR count). The van der Waals surface area contributed by atoms with E-state index in [1.165, 1.54) is 17.4 Å². The predicted molar refractivity (Wildman–Crippen MR) is 84.2 cm³/mol. The number of nitrogens with zero attached hydrogens (tertiary/aromatic N) is 3. The van der Waals surface area contributed by atoms with Gasteiger partial charge in [0.2, 0.25) is 5.13 Å². The van der Waals surface area contributed by atoms with E-state index in [4.69, 9.17) is 0 Å². The molecule has 0 unspecified atom stereocenters. The van der Waals surface area contributed by atoms with Gasteiger partial charge in [-0.2, -0.15) is 0 Å². The topological polar surface area (TPSA) is 98.0 Å². The van der Waals surface area contributed by atoms with E-state index in [1.807, 2.05) is 0 Å². The fraction of sp³-hybridized carbons (Fsp3) is 0.357. The lowest BCUT2D eigenvalue weighted by Crippen LogP contribution is -2.14. The molecule has 22 heavy (non-hydrogen) atoms. The van der Waals surface area contributed by atoms with Crippen molar-refractivity contribution in [3.05, 3.63) is 44.4 Å². The van der Waals surface area contributed by atoms with Crippen LogP contribution in [0.15, 0.2) is 18.2 Å². The maximum Gasteiger partial charge on any atom is 0.285 e. The minimum Gasteiger partial charge on any atom is -0.296 e. The van der Waals surface area contributed by atoms with Crippen molar-refractivity contribution in [1.82, 2.24) is 10.2 Å². The Bertz CT molecular complexity index is 712. The number of amides is 1. The molecule has 0 fully saturated rings. The zero-order chi connectivity index (χ0) is 16.3. The van der Waals surface area contributed by atoms with Gasteiger partial charge in [0.25, 0.3) is 11.6 Å². The number of benzene rings is 1. The van der Waals surface area contributed by atoms with Crippen LogP contribution in [0.4, 0.5) is 10.8 Å². The number of nitro groups is 1. The van der Waals surface area contributed by atoms with Crippen LogP contribution in [-0.2, 0) is 6.42 Å². The van der Waals surface area contributed by atoms with Crippen LogP contribution in [0.2, 0.25) is 0 Å². The highest BCUT2D eigenvalue weighted by molar-refractivity contribution is 7.15. The average molecular weight is 320 g/mol. The number of carbonyl (C=O) groups is 1. The monoisotopic (exact) mass is 320 g/mol. The van der Waals surface area contributed by atoms with Crippen LogP contribution in [0.1, 0.15) is 34.8 Å². The Morgan fingerprint density at radius 1 is 1.41 bits per heavy atom. The molecule has 7 nitrogen and oxygen atoms in total. The number of anilines is 1. The van der Waals surface area contributed by atoms with Crippen LogP contribution in [0.25, 0.3) is 0 Å². The molecule has 0 spiro atoms. The maximum atomic E-state index is 12.2. The SMILES string of the molecule is Cc1cccc(C(=O)Nc2nnc(CC(C)C)s2)c1[N+](=O)[O-]. The third-order valence-electron chi connectivity index (χ3n) is 2.94. The quantitative estimate of drug-likeness (QED) is 0.674. The first-order valence-electron chi connectivity index (χ1n) is 6.76. The van der Waals surface area contributed by atoms with Gasteiger partial charge < -0.3 is 0 Å². The predicted octanol–water partition coefficient (Wildman–Crippen LogP) is 3.21. The smallest absolute Gasteiger partial charge is 0.285 e. The summed E-state index contributed by atoms with van der Waals surface area (Å²) in [5.74, 6) is -0.114. The minimum absolute atomic E-state index is 0.0191. The second kappa shape index (κ2) is 6.61. The molecule has 1 N–H and O–H groups in total. The molecule has 0 saturated heterocycles. The number of rotatable bonds is 5. The van der Waals surface area contributed by atoms with Crippen molar-refractivity contribution in [3.63, 3.8) is 0 Å². The maximum absolute atomic E-state index is 12.2. The Labute approximate surface area is 131 Å². The summed E-state index contributed by atoms with van der Waals surface area (Å²) in [7, 11) is 0. The third-order valence-corrected chi connectivity index (χ3v) is 3.80. The first-order chi connectivity index (χ1) is 10.4. The molecule has 116 valence electrons. The van der Waals surface area contributed by atoms with Gasteiger partial charge in [0, 0.05) is 12.0 Å². The molecule has 0 aliphatic carbocycles. The molecule has 2 aromatic rings. The normalized spacial score (nSPS) is 10.7. The lowest BCUT2D eigenvalue weighted by molar-refractivity contribution is -0.385. The standard InChI is InChI=1S/C14H16N4O3S/c1-8(2)7-11-16-17-14(22-11)15-13(19)10-6-4-5-9(3)12(10)18(20)21/h4-6,8H,7H2,1-3H3,(H,15,17,19). The summed E-state index contributed by atoms with van der Waals surface area (Å²) in [4.78, 5) is 22.8. The van der Waals surface area contributed by atoms with E-state index < -0.39 is 10.8 Å². The summed E-state index contributed by atoms with van der Waals surface area (Å²) in [5, 5.41) is 22.8. The molecule has 1 heterocycles. The fourth-order valence-electron chi connectivity index (χ4n) is 1.98. The van der Waals surface area contributed by atoms with Crippen molar-refractivity contribution in [2.75, 3.05) is 5.32 Å². The van der Waals surface area contributed by atoms with Gasteiger partial charge >= 0.3 is 0 Å². The lowest BCUT2D eigenvalue weighted by atomic mass is 10.1. The number of nitrogens with one attached hydrogen (secondary N) is 1. The molecule has 0 bridgehead atoms. The molecular weight excluding hydrogens is 304 g/mol. The van der Waals surface area contributed by atoms with Gasteiger partial charge in [-0.15, -0.1) is 10.2 Å². The summed E-state index contributed by atoms with van der Waals surface area (Å²) < 4.78 is 0. The van der Waals surface area contributed by atoms with E-state index in [9.17, 15) is 14.9 Å². The zero-order valence-corrected chi connectivity index (χ0v) is 13.3. The number of carbonyl (C=O) groups excluding carboxylic acids is 1. The highest BCUT2D eigenvalue weighted by atomic mass is 32.1. The number of nitro benzene ring substituents is 1. The molecule has 1 aromatic carbocycles. The van der Waals surface area contributed by atoms with Crippen LogP contribution in [0.5, 0.6) is 0 Å². The fourth-order valence-corrected chi connectivity index (χ4v) is 2.93. The van der Waals surface area contributed by atoms with Crippen molar-refractivity contribution in [2.45, 2.75) is 27.2 Å². The van der Waals surface area contributed by atoms with Gasteiger partial charge in [-0.05, 0) is 18.9 Å². The van der Waals surface area contributed by atoms with Crippen molar-refractivity contribution < 1.29 is 9.72 Å². The third kappa shape index (κ3) is 3.64. The molecular formula is C14H16N4O3S. The van der Waals surface area contributed by atoms with E-state index in [0.29, 0.717) is 16.6 Å². The van der Waals surface area contributed by atoms with E-state index >= 15 is 0 Å². The molecule has 8 heteroatoms. The zero-order valence-electron chi connectivity index (χ0n) is 12.5. The Hall–Kier alpha value is -2.35. The molecule has 0 atom stereocenters. The number of para-hydroxylation sites is 1. The highest BCUT2D eigenvalue weighted by Gasteiger charge is 2.23. The Morgan fingerprint density at radius 2 is 2.14 bits per heavy atom. The molecule has 1 aromatic heterocycles. The van der Waals surface area contributed by atoms with Crippen molar-refractivity contribution in [3.8, 4) is 0 Å². The molecule has 0 aliphatic rings. The summed E-state index contributed by atoms with van der Waals surface area (Å²) in [5.41, 5.74) is 0.271. The van der Waals surface area contributed by atoms with Crippen LogP contribution < -0.4 is 5.32 Å². The second-order valence-corrected chi connectivity index (χ2v) is 6.34. The van der Waals surface area contributed by atoms with E-state index in [1.54, 1.807) is 19.1 Å². The van der Waals surface area contributed by atoms with Crippen molar-refractivity contribution in [1.29, 1.82) is 0 Å². The summed E-state index contributed by atoms with van der Waals surface area (Å²) >= 11 is 1.28. The average Bonchev–Trinajstić information content (AvgIpc) is 2.84. The summed E-state index contributed by atoms with van der Waals surface area (Å²) in [6, 6.07) is 4.64. The molecule has 1 amide bonds. The largest absolute Gasteiger partial charge is 0.296 e. The Kier molecular flexibility index (Phi) is 4.81. The summed E-state index contributed by atoms with van der Waals surface area (Å²) in [6.45, 7) is 5.73. The van der Waals surface area contributed by atoms with Crippen LogP contribution in [0, 0.1) is 23.0 Å². The lowest BCUT2D eigenvalue weighted by Gasteiger charge is -2.04. The Morgan fingerprint density at radius 3 is 2.77 bits per heavy atom. The number of aryl methyl sites for hydroxylation is 1. The van der Waals surface area contributed by atoms with Crippen LogP contribution in [-0.4, -0.2) is 21.0 Å². The molecule has 0 aliphatic heterocycles. The molecule has 0 radical (unpaired) electrons. The second-order valence-electron chi connectivity index (χ2n) is 5.28. The van der Waals surface area contributed by atoms with E-state index in [2.05, 4.69) is 29.4 Å². The Balaban J connectivity index is 2.21. The van der Waals surface area contributed by atoms with E-state index in [-0.39, 0.29) is 11.3 Å². The van der Waals surface area contributed by atoms with Gasteiger partial charge in [-0.3, -0.25) is 20.2 Å². The van der Waals surface area contributed by atoms with Gasteiger partial charge in [0.1, 0.15) is 10.6 Å². The van der Waals surface area contributed by atoms with Gasteiger partial charge in [-0.1, -0.05) is 37.3 Å². The first-order valence-corrected chi connectivity index (χ1v) is 7.58. The van der Waals surface area contributed by atoms with Gasteiger partial charge in [0.15, 0.2) is 0 Å². The summed E-state index contributed by atoms with van der Waals surface area (Å²) in [6.07, 6.45) is 0.776. The van der Waals surface area contributed by atoms with Gasteiger partial charge in [-0.25, -0.2) is 0 Å². The highest BCUT2D eigenvalue weighted by Crippen LogP contribution is 2.25. The van der Waals surface area contributed by atoms with Crippen molar-refractivity contribution in [2.24, 2.45) is 5.92 Å². The number of aromatic nitrogens is 2.